The van der Waals surface area contributed by atoms with E-state index in [0.29, 0.717) is 6.42 Å². The number of benzene rings is 1. The molecule has 0 saturated carbocycles. The minimum absolute atomic E-state index is 0.249. The van der Waals surface area contributed by atoms with Gasteiger partial charge in [0.2, 0.25) is 0 Å². The van der Waals surface area contributed by atoms with E-state index in [2.05, 4.69) is 35.0 Å². The Labute approximate surface area is 106 Å². The highest BCUT2D eigenvalue weighted by Crippen LogP contribution is 2.25. The Hall–Kier alpha value is -1.19. The second kappa shape index (κ2) is 5.94. The second-order valence-electron chi connectivity index (χ2n) is 4.21. The highest BCUT2D eigenvalue weighted by molar-refractivity contribution is 7.17. The number of carbonyl (C=O) groups is 1. The van der Waals surface area contributed by atoms with Crippen molar-refractivity contribution < 1.29 is 4.79 Å². The Balaban J connectivity index is 1.85. The summed E-state index contributed by atoms with van der Waals surface area (Å²) in [6.45, 7) is 3.36. The molecule has 0 radical (unpaired) electrons. The maximum Gasteiger partial charge on any atom is 0.131 e. The van der Waals surface area contributed by atoms with Gasteiger partial charge in [0.25, 0.3) is 0 Å². The van der Waals surface area contributed by atoms with Crippen LogP contribution in [0.1, 0.15) is 18.9 Å². The molecule has 1 heterocycles. The molecule has 0 amide bonds. The number of hydrogen-bond acceptors (Lipinski definition) is 3. The second-order valence-corrected chi connectivity index (χ2v) is 5.12. The van der Waals surface area contributed by atoms with E-state index in [4.69, 9.17) is 0 Å². The smallest absolute Gasteiger partial charge is 0.131 e. The van der Waals surface area contributed by atoms with Crippen molar-refractivity contribution in [3.63, 3.8) is 0 Å². The van der Waals surface area contributed by atoms with Gasteiger partial charge in [-0.1, -0.05) is 18.2 Å². The molecular formula is C14H17NOS. The number of ketones is 1. The fourth-order valence-corrected chi connectivity index (χ4v) is 2.84. The highest BCUT2D eigenvalue weighted by Gasteiger charge is 2.02. The first-order valence-electron chi connectivity index (χ1n) is 5.92. The lowest BCUT2D eigenvalue weighted by Crippen LogP contribution is -2.20. The highest BCUT2D eigenvalue weighted by atomic mass is 32.1. The summed E-state index contributed by atoms with van der Waals surface area (Å²) in [5.74, 6) is 0.249. The van der Waals surface area contributed by atoms with Crippen molar-refractivity contribution in [1.29, 1.82) is 0 Å². The molecule has 0 saturated heterocycles. The van der Waals surface area contributed by atoms with Crippen molar-refractivity contribution >= 4 is 27.2 Å². The van der Waals surface area contributed by atoms with Crippen LogP contribution in [-0.2, 0) is 11.2 Å². The molecule has 0 bridgehead atoms. The van der Waals surface area contributed by atoms with E-state index in [-0.39, 0.29) is 5.78 Å². The van der Waals surface area contributed by atoms with Crippen LogP contribution in [0.2, 0.25) is 0 Å². The molecule has 0 atom stereocenters. The van der Waals surface area contributed by atoms with Crippen LogP contribution in [0.15, 0.2) is 29.6 Å². The first-order chi connectivity index (χ1) is 8.27. The van der Waals surface area contributed by atoms with Gasteiger partial charge in [-0.05, 0) is 42.3 Å². The van der Waals surface area contributed by atoms with E-state index in [0.717, 1.165) is 19.5 Å². The maximum atomic E-state index is 10.8. The van der Waals surface area contributed by atoms with Crippen molar-refractivity contribution in [1.82, 2.24) is 5.32 Å². The van der Waals surface area contributed by atoms with E-state index in [1.807, 2.05) is 0 Å². The largest absolute Gasteiger partial charge is 0.316 e. The van der Waals surface area contributed by atoms with Gasteiger partial charge in [-0.2, -0.15) is 0 Å². The van der Waals surface area contributed by atoms with Crippen LogP contribution in [0.3, 0.4) is 0 Å². The van der Waals surface area contributed by atoms with Crippen molar-refractivity contribution in [2.24, 2.45) is 0 Å². The summed E-state index contributed by atoms with van der Waals surface area (Å²) in [6.07, 6.45) is 1.66. The Kier molecular flexibility index (Phi) is 4.29. The average Bonchev–Trinajstić information content (AvgIpc) is 2.72. The summed E-state index contributed by atoms with van der Waals surface area (Å²) >= 11 is 1.80. The SMILES string of the molecule is CC(=O)CCNCCc1csc2ccccc12. The number of fused-ring (bicyclic) bond motifs is 1. The molecule has 1 aromatic carbocycles. The van der Waals surface area contributed by atoms with E-state index in [1.54, 1.807) is 18.3 Å². The van der Waals surface area contributed by atoms with Crippen molar-refractivity contribution in [2.45, 2.75) is 19.8 Å². The summed E-state index contributed by atoms with van der Waals surface area (Å²) in [4.78, 5) is 10.8. The van der Waals surface area contributed by atoms with Gasteiger partial charge in [-0.15, -0.1) is 11.3 Å². The fraction of sp³-hybridized carbons (Fsp3) is 0.357. The lowest BCUT2D eigenvalue weighted by Gasteiger charge is -2.02. The molecule has 2 nitrogen and oxygen atoms in total. The molecule has 3 heteroatoms. The van der Waals surface area contributed by atoms with E-state index >= 15 is 0 Å². The third kappa shape index (κ3) is 3.38. The zero-order valence-corrected chi connectivity index (χ0v) is 10.8. The van der Waals surface area contributed by atoms with Gasteiger partial charge >= 0.3 is 0 Å². The summed E-state index contributed by atoms with van der Waals surface area (Å²) in [6, 6.07) is 8.50. The van der Waals surface area contributed by atoms with Crippen LogP contribution < -0.4 is 5.32 Å². The molecule has 0 fully saturated rings. The van der Waals surface area contributed by atoms with Crippen molar-refractivity contribution in [3.8, 4) is 0 Å². The fourth-order valence-electron chi connectivity index (χ4n) is 1.84. The van der Waals surface area contributed by atoms with Gasteiger partial charge in [0.1, 0.15) is 5.78 Å². The van der Waals surface area contributed by atoms with E-state index in [1.165, 1.54) is 15.6 Å². The molecule has 0 spiro atoms. The minimum Gasteiger partial charge on any atom is -0.316 e. The molecule has 0 unspecified atom stereocenters. The Bertz CT molecular complexity index is 504. The summed E-state index contributed by atoms with van der Waals surface area (Å²) in [5, 5.41) is 6.90. The normalized spacial score (nSPS) is 10.9. The third-order valence-corrected chi connectivity index (χ3v) is 3.80. The zero-order valence-electron chi connectivity index (χ0n) is 10.0. The van der Waals surface area contributed by atoms with Crippen LogP contribution in [0.25, 0.3) is 10.1 Å². The molecule has 1 aromatic heterocycles. The molecule has 0 aliphatic rings. The first kappa shape index (κ1) is 12.3. The third-order valence-electron chi connectivity index (χ3n) is 2.79. The standard InChI is InChI=1S/C14H17NOS/c1-11(16)6-8-15-9-7-12-10-17-14-5-3-2-4-13(12)14/h2-5,10,15H,6-9H2,1H3. The lowest BCUT2D eigenvalue weighted by molar-refractivity contribution is -0.116. The molecule has 90 valence electrons. The molecule has 1 N–H and O–H groups in total. The van der Waals surface area contributed by atoms with Crippen LogP contribution in [0, 0.1) is 0 Å². The molecule has 17 heavy (non-hydrogen) atoms. The molecule has 0 aliphatic heterocycles. The topological polar surface area (TPSA) is 29.1 Å². The summed E-state index contributed by atoms with van der Waals surface area (Å²) in [7, 11) is 0. The van der Waals surface area contributed by atoms with Gasteiger partial charge in [0.15, 0.2) is 0 Å². The van der Waals surface area contributed by atoms with Crippen LogP contribution in [0.4, 0.5) is 0 Å². The number of nitrogens with one attached hydrogen (secondary N) is 1. The quantitative estimate of drug-likeness (QED) is 0.795. The summed E-state index contributed by atoms with van der Waals surface area (Å²) in [5.41, 5.74) is 1.40. The predicted molar refractivity (Wildman–Crippen MR) is 73.7 cm³/mol. The Morgan fingerprint density at radius 3 is 2.94 bits per heavy atom. The van der Waals surface area contributed by atoms with Crippen LogP contribution in [-0.4, -0.2) is 18.9 Å². The van der Waals surface area contributed by atoms with Crippen LogP contribution in [0.5, 0.6) is 0 Å². The average molecular weight is 247 g/mol. The predicted octanol–water partition coefficient (Wildman–Crippen LogP) is 3.01. The minimum atomic E-state index is 0.249. The van der Waals surface area contributed by atoms with Crippen LogP contribution >= 0.6 is 11.3 Å². The van der Waals surface area contributed by atoms with E-state index < -0.39 is 0 Å². The number of carbonyl (C=O) groups excluding carboxylic acids is 1. The van der Waals surface area contributed by atoms with Crippen molar-refractivity contribution in [3.05, 3.63) is 35.2 Å². The monoisotopic (exact) mass is 247 g/mol. The van der Waals surface area contributed by atoms with E-state index in [9.17, 15) is 4.79 Å². The van der Waals surface area contributed by atoms with Gasteiger partial charge in [-0.25, -0.2) is 0 Å². The first-order valence-corrected chi connectivity index (χ1v) is 6.80. The maximum absolute atomic E-state index is 10.8. The number of hydrogen-bond donors (Lipinski definition) is 1. The molecule has 0 aliphatic carbocycles. The summed E-state index contributed by atoms with van der Waals surface area (Å²) < 4.78 is 1.35. The van der Waals surface area contributed by atoms with Gasteiger partial charge in [0.05, 0.1) is 0 Å². The lowest BCUT2D eigenvalue weighted by atomic mass is 10.1. The molecular weight excluding hydrogens is 230 g/mol. The molecule has 2 rings (SSSR count). The zero-order chi connectivity index (χ0) is 12.1. The number of rotatable bonds is 6. The van der Waals surface area contributed by atoms with Gasteiger partial charge in [0, 0.05) is 17.7 Å². The van der Waals surface area contributed by atoms with Gasteiger partial charge in [-0.3, -0.25) is 4.79 Å². The Morgan fingerprint density at radius 2 is 2.12 bits per heavy atom. The molecule has 2 aromatic rings. The number of Topliss-reactive ketones (excluding diaryl/α,β-unsaturated/α-hetero) is 1. The van der Waals surface area contributed by atoms with Crippen molar-refractivity contribution in [2.75, 3.05) is 13.1 Å². The number of thiophene rings is 1. The Morgan fingerprint density at radius 1 is 1.29 bits per heavy atom. The van der Waals surface area contributed by atoms with Gasteiger partial charge < -0.3 is 5.32 Å².